The third-order valence-corrected chi connectivity index (χ3v) is 8.69. The fourth-order valence-electron chi connectivity index (χ4n) is 5.55. The second-order valence-electron chi connectivity index (χ2n) is 12.9. The van der Waals surface area contributed by atoms with Crippen molar-refractivity contribution in [2.24, 2.45) is 5.92 Å². The normalized spacial score (nSPS) is 23.1. The second kappa shape index (κ2) is 26.1. The first kappa shape index (κ1) is 43.2. The van der Waals surface area contributed by atoms with Gasteiger partial charge < -0.3 is 54.6 Å². The molecule has 0 aromatic carbocycles. The van der Waals surface area contributed by atoms with Gasteiger partial charge in [0.15, 0.2) is 6.29 Å². The molecule has 0 saturated carbocycles. The van der Waals surface area contributed by atoms with Crippen molar-refractivity contribution in [1.82, 2.24) is 5.32 Å². The van der Waals surface area contributed by atoms with Crippen molar-refractivity contribution in [2.45, 2.75) is 173 Å². The Labute approximate surface area is 280 Å². The third-order valence-electron chi connectivity index (χ3n) is 8.69. The van der Waals surface area contributed by atoms with Crippen molar-refractivity contribution in [3.05, 3.63) is 0 Å². The van der Waals surface area contributed by atoms with Gasteiger partial charge in [0, 0.05) is 6.42 Å². The molecule has 13 heteroatoms. The minimum Gasteiger partial charge on any atom is -0.428 e. The van der Waals surface area contributed by atoms with Crippen molar-refractivity contribution in [3.63, 3.8) is 0 Å². The topological polar surface area (TPSA) is 201 Å². The largest absolute Gasteiger partial charge is 0.428 e. The molecule has 0 radical (unpaired) electrons. The van der Waals surface area contributed by atoms with Gasteiger partial charge in [-0.3, -0.25) is 4.79 Å². The molecule has 47 heavy (non-hydrogen) atoms. The van der Waals surface area contributed by atoms with Gasteiger partial charge in [-0.1, -0.05) is 104 Å². The van der Waals surface area contributed by atoms with Crippen LogP contribution in [0.3, 0.4) is 0 Å². The molecule has 1 amide bonds. The summed E-state index contributed by atoms with van der Waals surface area (Å²) in [6.45, 7) is 3.71. The van der Waals surface area contributed by atoms with Gasteiger partial charge in [0.05, 0.1) is 31.8 Å². The number of Topliss-reactive ketones (excluding diaryl/α,β-unsaturated/α-hetero) is 1. The monoisotopic (exact) mass is 677 g/mol. The van der Waals surface area contributed by atoms with Crippen LogP contribution >= 0.6 is 0 Å². The first-order valence-corrected chi connectivity index (χ1v) is 17.7. The maximum absolute atomic E-state index is 12.5. The number of hydrogen-bond donors (Lipinski definition) is 6. The Morgan fingerprint density at radius 3 is 1.87 bits per heavy atom. The minimum atomic E-state index is -1.65. The van der Waals surface area contributed by atoms with Gasteiger partial charge in [-0.25, -0.2) is 4.79 Å². The molecule has 8 atom stereocenters. The number of hydrogen-bond acceptors (Lipinski definition) is 12. The lowest BCUT2D eigenvalue weighted by Crippen LogP contribution is -2.60. The number of nitrogens with one attached hydrogen (secondary N) is 1. The smallest absolute Gasteiger partial charge is 0.410 e. The quantitative estimate of drug-likeness (QED) is 0.0420. The lowest BCUT2D eigenvalue weighted by molar-refractivity contribution is -0.303. The van der Waals surface area contributed by atoms with Crippen LogP contribution in [0, 0.1) is 5.92 Å². The Morgan fingerprint density at radius 1 is 0.787 bits per heavy atom. The summed E-state index contributed by atoms with van der Waals surface area (Å²) >= 11 is 0. The average molecular weight is 678 g/mol. The van der Waals surface area contributed by atoms with E-state index in [1.807, 2.05) is 6.92 Å². The molecule has 1 aliphatic heterocycles. The van der Waals surface area contributed by atoms with Crippen molar-refractivity contribution in [1.29, 1.82) is 0 Å². The Bertz CT molecular complexity index is 844. The van der Waals surface area contributed by atoms with Crippen molar-refractivity contribution >= 4 is 17.8 Å². The van der Waals surface area contributed by atoms with Crippen LogP contribution in [0.1, 0.15) is 130 Å². The first-order valence-electron chi connectivity index (χ1n) is 17.7. The van der Waals surface area contributed by atoms with Crippen LogP contribution in [-0.2, 0) is 28.5 Å². The number of aliphatic hydroxyl groups excluding tert-OH is 5. The van der Waals surface area contributed by atoms with Crippen molar-refractivity contribution in [2.75, 3.05) is 20.0 Å². The maximum atomic E-state index is 12.5. The lowest BCUT2D eigenvalue weighted by Gasteiger charge is -2.40. The van der Waals surface area contributed by atoms with Crippen LogP contribution in [0.5, 0.6) is 0 Å². The molecular weight excluding hydrogens is 614 g/mol. The number of esters is 1. The summed E-state index contributed by atoms with van der Waals surface area (Å²) in [7, 11) is 0. The van der Waals surface area contributed by atoms with Gasteiger partial charge >= 0.3 is 12.1 Å². The number of aliphatic hydroxyl groups is 5. The van der Waals surface area contributed by atoms with Gasteiger partial charge in [-0.05, 0) is 19.3 Å². The lowest BCUT2D eigenvalue weighted by atomic mass is 9.92. The molecule has 1 heterocycles. The Kier molecular flexibility index (Phi) is 23.9. The molecule has 0 spiro atoms. The van der Waals surface area contributed by atoms with Crippen LogP contribution in [0.4, 0.5) is 4.79 Å². The van der Waals surface area contributed by atoms with Gasteiger partial charge in [-0.2, -0.15) is 0 Å². The molecule has 2 unspecified atom stereocenters. The molecule has 13 nitrogen and oxygen atoms in total. The number of unbranched alkanes of at least 4 members (excludes halogenated alkanes) is 13. The maximum Gasteiger partial charge on any atom is 0.410 e. The van der Waals surface area contributed by atoms with Crippen LogP contribution in [0.15, 0.2) is 0 Å². The molecule has 0 aromatic heterocycles. The summed E-state index contributed by atoms with van der Waals surface area (Å²) in [6, 6.07) is -1.05. The third kappa shape index (κ3) is 19.0. The number of rotatable bonds is 27. The molecule has 1 rings (SSSR count). The number of alkyl carbamates (subject to hydrolysis) is 1. The highest BCUT2D eigenvalue weighted by Crippen LogP contribution is 2.23. The van der Waals surface area contributed by atoms with Gasteiger partial charge in [0.2, 0.25) is 6.79 Å². The van der Waals surface area contributed by atoms with E-state index in [4.69, 9.17) is 18.9 Å². The molecule has 276 valence electrons. The van der Waals surface area contributed by atoms with E-state index < -0.39 is 68.3 Å². The standard InChI is InChI=1S/C34H63NO12/c1-4-5-6-7-8-9-10-11-12-13-14-15-16-17-18-24(2)29(39)26(35-34(43)46-23-45-28(38)20-19-25(3)37)22-44-33-32(42)31(41)30(40)27(21-36)47-33/h24,26-27,29-33,36,39-42H,4-23H2,1-3H3,(H,35,43)/t24-,26+,27?,29-,30+,31+,32?,33+/m1/s1. The predicted octanol–water partition coefficient (Wildman–Crippen LogP) is 3.64. The van der Waals surface area contributed by atoms with Gasteiger partial charge in [-0.15, -0.1) is 0 Å². The zero-order valence-corrected chi connectivity index (χ0v) is 28.9. The van der Waals surface area contributed by atoms with E-state index in [9.17, 15) is 39.9 Å². The summed E-state index contributed by atoms with van der Waals surface area (Å²) in [5.41, 5.74) is 0. The highest BCUT2D eigenvalue weighted by molar-refractivity contribution is 5.81. The first-order chi connectivity index (χ1) is 22.5. The van der Waals surface area contributed by atoms with Crippen molar-refractivity contribution < 1.29 is 58.9 Å². The van der Waals surface area contributed by atoms with Crippen molar-refractivity contribution in [3.8, 4) is 0 Å². The summed E-state index contributed by atoms with van der Waals surface area (Å²) in [6.07, 6.45) is 8.23. The predicted molar refractivity (Wildman–Crippen MR) is 174 cm³/mol. The molecule has 0 aromatic rings. The fraction of sp³-hybridized carbons (Fsp3) is 0.912. The van der Waals surface area contributed by atoms with Gasteiger partial charge in [0.1, 0.15) is 30.2 Å². The van der Waals surface area contributed by atoms with E-state index in [1.165, 1.54) is 77.6 Å². The molecule has 6 N–H and O–H groups in total. The Morgan fingerprint density at radius 2 is 1.34 bits per heavy atom. The highest BCUT2D eigenvalue weighted by Gasteiger charge is 2.44. The summed E-state index contributed by atoms with van der Waals surface area (Å²) in [4.78, 5) is 35.2. The second-order valence-corrected chi connectivity index (χ2v) is 12.9. The van der Waals surface area contributed by atoms with E-state index in [-0.39, 0.29) is 31.1 Å². The van der Waals surface area contributed by atoms with Crippen LogP contribution in [-0.4, -0.2) is 106 Å². The number of ketones is 1. The molecular formula is C34H63NO12. The number of amides is 1. The zero-order valence-electron chi connectivity index (χ0n) is 28.9. The molecule has 1 aliphatic rings. The van der Waals surface area contributed by atoms with Crippen LogP contribution < -0.4 is 5.32 Å². The van der Waals surface area contributed by atoms with Crippen LogP contribution in [0.25, 0.3) is 0 Å². The minimum absolute atomic E-state index is 0.00574. The Hall–Kier alpha value is -1.87. The summed E-state index contributed by atoms with van der Waals surface area (Å²) < 4.78 is 20.7. The Balaban J connectivity index is 2.53. The summed E-state index contributed by atoms with van der Waals surface area (Å²) in [5, 5.41) is 53.5. The van der Waals surface area contributed by atoms with E-state index >= 15 is 0 Å². The zero-order chi connectivity index (χ0) is 35.0. The summed E-state index contributed by atoms with van der Waals surface area (Å²) in [5.74, 6) is -1.15. The fourth-order valence-corrected chi connectivity index (χ4v) is 5.55. The van der Waals surface area contributed by atoms with E-state index in [0.29, 0.717) is 6.42 Å². The number of carbonyl (C=O) groups excluding carboxylic acids is 3. The average Bonchev–Trinajstić information content (AvgIpc) is 3.05. The van der Waals surface area contributed by atoms with Gasteiger partial charge in [0.25, 0.3) is 0 Å². The SMILES string of the molecule is CCCCCCCCCCCCCCCC[C@@H](C)[C@@H](O)[C@H](CO[C@H]1OC(CO)[C@H](O)[C@H](O)C1O)NC(=O)OCOC(=O)CCC(C)=O. The molecule has 0 bridgehead atoms. The molecule has 0 aliphatic carbocycles. The molecule has 1 fully saturated rings. The number of ether oxygens (including phenoxy) is 4. The van der Waals surface area contributed by atoms with E-state index in [1.54, 1.807) is 0 Å². The number of carbonyl (C=O) groups is 3. The highest BCUT2D eigenvalue weighted by atomic mass is 16.7. The molecule has 1 saturated heterocycles. The van der Waals surface area contributed by atoms with Crippen LogP contribution in [0.2, 0.25) is 0 Å². The van der Waals surface area contributed by atoms with E-state index in [2.05, 4.69) is 12.2 Å². The van der Waals surface area contributed by atoms with E-state index in [0.717, 1.165) is 19.3 Å².